The summed E-state index contributed by atoms with van der Waals surface area (Å²) in [5.41, 5.74) is 2.85. The summed E-state index contributed by atoms with van der Waals surface area (Å²) < 4.78 is 10.3. The lowest BCUT2D eigenvalue weighted by Crippen LogP contribution is -2.01. The summed E-state index contributed by atoms with van der Waals surface area (Å²) in [5.74, 6) is 0.388. The molecule has 0 bridgehead atoms. The molecule has 98 valence electrons. The van der Waals surface area contributed by atoms with Gasteiger partial charge in [-0.25, -0.2) is 4.79 Å². The largest absolute Gasteiger partial charge is 0.489 e. The Morgan fingerprint density at radius 3 is 2.47 bits per heavy atom. The zero-order valence-electron chi connectivity index (χ0n) is 11.1. The van der Waals surface area contributed by atoms with Crippen LogP contribution in [0.4, 0.5) is 0 Å². The molecular weight excluding hydrogens is 240 g/mol. The molecule has 0 atom stereocenters. The molecule has 0 radical (unpaired) electrons. The van der Waals surface area contributed by atoms with Gasteiger partial charge in [0, 0.05) is 0 Å². The molecule has 0 heterocycles. The first-order valence-electron chi connectivity index (χ1n) is 6.06. The van der Waals surface area contributed by atoms with E-state index in [2.05, 4.69) is 23.8 Å². The van der Waals surface area contributed by atoms with Gasteiger partial charge in [0.2, 0.25) is 0 Å². The van der Waals surface area contributed by atoms with Crippen molar-refractivity contribution in [2.45, 2.75) is 13.5 Å². The lowest BCUT2D eigenvalue weighted by atomic mass is 10.1. The van der Waals surface area contributed by atoms with Gasteiger partial charge in [-0.3, -0.25) is 0 Å². The van der Waals surface area contributed by atoms with Gasteiger partial charge < -0.3 is 9.47 Å². The van der Waals surface area contributed by atoms with Crippen molar-refractivity contribution < 1.29 is 14.3 Å². The average Bonchev–Trinajstić information content (AvgIpc) is 2.45. The second-order valence-electron chi connectivity index (χ2n) is 4.29. The van der Waals surface area contributed by atoms with Gasteiger partial charge in [-0.15, -0.1) is 0 Å². The van der Waals surface area contributed by atoms with Crippen LogP contribution < -0.4 is 4.74 Å². The van der Waals surface area contributed by atoms with E-state index in [1.165, 1.54) is 12.7 Å². The lowest BCUT2D eigenvalue weighted by molar-refractivity contribution is 0.0600. The number of carbonyl (C=O) groups is 1. The summed E-state index contributed by atoms with van der Waals surface area (Å²) in [5, 5.41) is 0. The van der Waals surface area contributed by atoms with Gasteiger partial charge in [-0.1, -0.05) is 29.8 Å². The first kappa shape index (κ1) is 13.1. The Labute approximate surface area is 112 Å². The predicted molar refractivity (Wildman–Crippen MR) is 73.3 cm³/mol. The Morgan fingerprint density at radius 2 is 1.84 bits per heavy atom. The number of rotatable bonds is 4. The molecule has 2 aromatic rings. The lowest BCUT2D eigenvalue weighted by Gasteiger charge is -2.07. The molecule has 0 saturated carbocycles. The Hall–Kier alpha value is -2.29. The summed E-state index contributed by atoms with van der Waals surface area (Å²) in [6.07, 6.45) is 0. The van der Waals surface area contributed by atoms with Crippen molar-refractivity contribution in [2.75, 3.05) is 7.11 Å². The molecule has 0 aliphatic rings. The third-order valence-electron chi connectivity index (χ3n) is 2.76. The fourth-order valence-electron chi connectivity index (χ4n) is 1.77. The quantitative estimate of drug-likeness (QED) is 0.787. The highest BCUT2D eigenvalue weighted by Crippen LogP contribution is 2.15. The molecule has 0 saturated heterocycles. The van der Waals surface area contributed by atoms with Crippen molar-refractivity contribution in [3.8, 4) is 5.75 Å². The van der Waals surface area contributed by atoms with Crippen LogP contribution in [0.5, 0.6) is 5.75 Å². The van der Waals surface area contributed by atoms with E-state index >= 15 is 0 Å². The van der Waals surface area contributed by atoms with Gasteiger partial charge in [-0.05, 0) is 36.8 Å². The number of hydrogen-bond donors (Lipinski definition) is 0. The Balaban J connectivity index is 1.98. The minimum atomic E-state index is -0.342. The first-order chi connectivity index (χ1) is 9.19. The molecule has 0 aliphatic heterocycles. The second-order valence-corrected chi connectivity index (χ2v) is 4.29. The van der Waals surface area contributed by atoms with E-state index in [-0.39, 0.29) is 5.97 Å². The van der Waals surface area contributed by atoms with Crippen LogP contribution in [0, 0.1) is 6.92 Å². The van der Waals surface area contributed by atoms with Crippen LogP contribution in [0.2, 0.25) is 0 Å². The van der Waals surface area contributed by atoms with E-state index in [1.807, 2.05) is 12.1 Å². The molecule has 0 spiro atoms. The van der Waals surface area contributed by atoms with Crippen molar-refractivity contribution in [1.82, 2.24) is 0 Å². The Kier molecular flexibility index (Phi) is 4.18. The van der Waals surface area contributed by atoms with Gasteiger partial charge >= 0.3 is 5.97 Å². The van der Waals surface area contributed by atoms with Gasteiger partial charge in [0.1, 0.15) is 12.4 Å². The van der Waals surface area contributed by atoms with Gasteiger partial charge in [-0.2, -0.15) is 0 Å². The predicted octanol–water partition coefficient (Wildman–Crippen LogP) is 3.36. The molecule has 2 rings (SSSR count). The van der Waals surface area contributed by atoms with Gasteiger partial charge in [0.15, 0.2) is 0 Å². The number of methoxy groups -OCH3 is 1. The van der Waals surface area contributed by atoms with Crippen molar-refractivity contribution >= 4 is 5.97 Å². The minimum Gasteiger partial charge on any atom is -0.489 e. The molecule has 0 fully saturated rings. The maximum Gasteiger partial charge on any atom is 0.337 e. The molecule has 0 aromatic heterocycles. The van der Waals surface area contributed by atoms with Crippen LogP contribution in [0.25, 0.3) is 0 Å². The maximum atomic E-state index is 11.3. The molecule has 3 heteroatoms. The summed E-state index contributed by atoms with van der Waals surface area (Å²) in [6, 6.07) is 15.1. The zero-order valence-corrected chi connectivity index (χ0v) is 11.1. The smallest absolute Gasteiger partial charge is 0.337 e. The monoisotopic (exact) mass is 256 g/mol. The summed E-state index contributed by atoms with van der Waals surface area (Å²) in [6.45, 7) is 2.56. The number of hydrogen-bond acceptors (Lipinski definition) is 3. The van der Waals surface area contributed by atoms with Gasteiger partial charge in [0.05, 0.1) is 12.7 Å². The van der Waals surface area contributed by atoms with Gasteiger partial charge in [0.25, 0.3) is 0 Å². The Morgan fingerprint density at radius 1 is 1.11 bits per heavy atom. The molecule has 0 unspecified atom stereocenters. The van der Waals surface area contributed by atoms with E-state index in [0.29, 0.717) is 12.2 Å². The molecule has 19 heavy (non-hydrogen) atoms. The third kappa shape index (κ3) is 3.58. The summed E-state index contributed by atoms with van der Waals surface area (Å²) in [7, 11) is 1.37. The topological polar surface area (TPSA) is 35.5 Å². The highest BCUT2D eigenvalue weighted by Gasteiger charge is 2.04. The van der Waals surface area contributed by atoms with E-state index < -0.39 is 0 Å². The number of ether oxygens (including phenoxy) is 2. The molecule has 0 amide bonds. The fourth-order valence-corrected chi connectivity index (χ4v) is 1.77. The van der Waals surface area contributed by atoms with Crippen LogP contribution in [-0.2, 0) is 11.3 Å². The SMILES string of the molecule is COC(=O)c1ccc(OCc2cccc(C)c2)cc1. The normalized spacial score (nSPS) is 10.0. The van der Waals surface area contributed by atoms with Crippen LogP contribution in [-0.4, -0.2) is 13.1 Å². The number of aryl methyl sites for hydroxylation is 1. The summed E-state index contributed by atoms with van der Waals surface area (Å²) >= 11 is 0. The highest BCUT2D eigenvalue weighted by atomic mass is 16.5. The summed E-state index contributed by atoms with van der Waals surface area (Å²) in [4.78, 5) is 11.3. The maximum absolute atomic E-state index is 11.3. The van der Waals surface area contributed by atoms with E-state index in [1.54, 1.807) is 24.3 Å². The average molecular weight is 256 g/mol. The third-order valence-corrected chi connectivity index (χ3v) is 2.76. The van der Waals surface area contributed by atoms with Crippen LogP contribution in [0.3, 0.4) is 0 Å². The molecule has 0 aliphatic carbocycles. The van der Waals surface area contributed by atoms with E-state index in [0.717, 1.165) is 11.3 Å². The molecule has 3 nitrogen and oxygen atoms in total. The molecular formula is C16H16O3. The minimum absolute atomic E-state index is 0.342. The van der Waals surface area contributed by atoms with Crippen molar-refractivity contribution in [2.24, 2.45) is 0 Å². The zero-order chi connectivity index (χ0) is 13.7. The van der Waals surface area contributed by atoms with Crippen LogP contribution >= 0.6 is 0 Å². The Bertz CT molecular complexity index is 558. The highest BCUT2D eigenvalue weighted by molar-refractivity contribution is 5.89. The molecule has 0 N–H and O–H groups in total. The number of benzene rings is 2. The standard InChI is InChI=1S/C16H16O3/c1-12-4-3-5-13(10-12)11-19-15-8-6-14(7-9-15)16(17)18-2/h3-10H,11H2,1-2H3. The van der Waals surface area contributed by atoms with E-state index in [9.17, 15) is 4.79 Å². The van der Waals surface area contributed by atoms with Crippen molar-refractivity contribution in [1.29, 1.82) is 0 Å². The van der Waals surface area contributed by atoms with Crippen LogP contribution in [0.1, 0.15) is 21.5 Å². The number of esters is 1. The van der Waals surface area contributed by atoms with Crippen LogP contribution in [0.15, 0.2) is 48.5 Å². The van der Waals surface area contributed by atoms with Crippen molar-refractivity contribution in [3.05, 3.63) is 65.2 Å². The first-order valence-corrected chi connectivity index (χ1v) is 6.06. The molecule has 2 aromatic carbocycles. The number of carbonyl (C=O) groups excluding carboxylic acids is 1. The fraction of sp³-hybridized carbons (Fsp3) is 0.188. The van der Waals surface area contributed by atoms with Crippen molar-refractivity contribution in [3.63, 3.8) is 0 Å². The van der Waals surface area contributed by atoms with E-state index in [4.69, 9.17) is 4.74 Å². The second kappa shape index (κ2) is 6.05.